The number of benzene rings is 3. The van der Waals surface area contributed by atoms with Crippen molar-refractivity contribution in [3.63, 3.8) is 0 Å². The number of fused-ring (bicyclic) bond motifs is 1. The Balaban J connectivity index is 1.36. The summed E-state index contributed by atoms with van der Waals surface area (Å²) in [5.41, 5.74) is -1.08. The molecule has 0 radical (unpaired) electrons. The average molecular weight is 787 g/mol. The highest BCUT2D eigenvalue weighted by Gasteiger charge is 2.51. The lowest BCUT2D eigenvalue weighted by Crippen LogP contribution is -2.64. The van der Waals surface area contributed by atoms with Gasteiger partial charge in [0.05, 0.1) is 13.2 Å². The number of aliphatic hydroxyl groups excluding tert-OH is 5. The smallest absolute Gasteiger partial charge is 0.330 e. The maximum Gasteiger partial charge on any atom is 0.330 e. The molecule has 0 spiro atoms. The highest BCUT2D eigenvalue weighted by molar-refractivity contribution is 5.88. The Morgan fingerprint density at radius 2 is 1.52 bits per heavy atom. The lowest BCUT2D eigenvalue weighted by atomic mass is 9.97. The van der Waals surface area contributed by atoms with Gasteiger partial charge in [0.1, 0.15) is 65.7 Å². The fourth-order valence-corrected chi connectivity index (χ4v) is 6.08. The van der Waals surface area contributed by atoms with E-state index < -0.39 is 119 Å². The van der Waals surface area contributed by atoms with Gasteiger partial charge in [-0.05, 0) is 48.9 Å². The van der Waals surface area contributed by atoms with E-state index in [9.17, 15) is 60.7 Å². The van der Waals surface area contributed by atoms with Gasteiger partial charge in [0.2, 0.25) is 17.5 Å². The highest BCUT2D eigenvalue weighted by Crippen LogP contribution is 2.40. The zero-order valence-electron chi connectivity index (χ0n) is 29.4. The summed E-state index contributed by atoms with van der Waals surface area (Å²) < 4.78 is 39.4. The minimum atomic E-state index is -2.04. The molecule has 10 N–H and O–H groups in total. The van der Waals surface area contributed by atoms with Crippen LogP contribution in [0.1, 0.15) is 12.5 Å². The number of carbonyl (C=O) groups excluding carboxylic acids is 1. The van der Waals surface area contributed by atoms with Crippen molar-refractivity contribution in [1.82, 2.24) is 0 Å². The predicted octanol–water partition coefficient (Wildman–Crippen LogP) is 0.291. The molecule has 56 heavy (non-hydrogen) atoms. The Morgan fingerprint density at radius 3 is 2.23 bits per heavy atom. The summed E-state index contributed by atoms with van der Waals surface area (Å²) in [5.74, 6) is -4.59. The summed E-state index contributed by atoms with van der Waals surface area (Å²) in [6.07, 6.45) is -15.3. The third-order valence-corrected chi connectivity index (χ3v) is 9.14. The molecule has 0 aliphatic carbocycles. The second-order valence-corrected chi connectivity index (χ2v) is 12.9. The van der Waals surface area contributed by atoms with Gasteiger partial charge in [0.15, 0.2) is 41.2 Å². The van der Waals surface area contributed by atoms with Crippen LogP contribution in [0.25, 0.3) is 28.4 Å². The first kappa shape index (κ1) is 40.0. The number of esters is 1. The van der Waals surface area contributed by atoms with Crippen LogP contribution in [0.15, 0.2) is 63.8 Å². The zero-order chi connectivity index (χ0) is 40.6. The maximum atomic E-state index is 14.1. The minimum Gasteiger partial charge on any atom is -0.508 e. The lowest BCUT2D eigenvalue weighted by Gasteiger charge is -2.45. The molecule has 10 atom stereocenters. The SMILES string of the molecule is COc1cc(/C=C/C(=O)OC[C@H]2O[C@@H](Oc3c(-c4ccc(O)c(O)c4)oc4cc(O)cc(O)c4c3=O)[C@H](O[C@@H]3O[C@@H](C)[C@H](O)[C@@H](O)[C@H]3O)[C@@H](O)[C@@H]2O)ccc1O. The standard InChI is InChI=1S/C37H38O19/c1-14-27(44)30(47)32(49)36(52-14)56-35-31(48)28(45)24(13-51-25(43)8-4-15-3-6-19(40)22(9-15)50-2)54-37(35)55-34-29(46)26-21(42)11-17(38)12-23(26)53-33(34)16-5-7-18(39)20(41)10-16/h3-12,14,24,27-28,30-32,35-42,44-45,47-49H,13H2,1-2H3/b8-4+/t14-,24+,27-,28+,30+,31-,32+,35+,36-,37-/m0/s1. The van der Waals surface area contributed by atoms with Crippen LogP contribution in [0, 0.1) is 0 Å². The van der Waals surface area contributed by atoms with E-state index >= 15 is 0 Å². The molecule has 19 heteroatoms. The van der Waals surface area contributed by atoms with E-state index in [1.165, 1.54) is 44.4 Å². The topological polar surface area (TPSA) is 305 Å². The molecule has 19 nitrogen and oxygen atoms in total. The predicted molar refractivity (Wildman–Crippen MR) is 188 cm³/mol. The number of rotatable bonds is 10. The molecule has 0 saturated carbocycles. The summed E-state index contributed by atoms with van der Waals surface area (Å²) in [6, 6.07) is 9.39. The normalized spacial score (nSPS) is 28.0. The molecule has 0 unspecified atom stereocenters. The molecule has 6 rings (SSSR count). The van der Waals surface area contributed by atoms with Gasteiger partial charge in [0.25, 0.3) is 0 Å². The quantitative estimate of drug-likeness (QED) is 0.0587. The molecule has 300 valence electrons. The number of carbonyl (C=O) groups is 1. The summed E-state index contributed by atoms with van der Waals surface area (Å²) in [5, 5.41) is 104. The number of methoxy groups -OCH3 is 1. The van der Waals surface area contributed by atoms with Crippen LogP contribution < -0.4 is 14.9 Å². The number of phenols is 5. The number of phenolic OH excluding ortho intramolecular Hbond substituents is 5. The van der Waals surface area contributed by atoms with Gasteiger partial charge < -0.3 is 83.9 Å². The van der Waals surface area contributed by atoms with Crippen LogP contribution in [-0.4, -0.2) is 132 Å². The Kier molecular flexibility index (Phi) is 11.6. The van der Waals surface area contributed by atoms with E-state index in [-0.39, 0.29) is 22.6 Å². The number of aromatic hydroxyl groups is 5. The fraction of sp³-hybridized carbons (Fsp3) is 0.351. The molecule has 2 aliphatic heterocycles. The van der Waals surface area contributed by atoms with Gasteiger partial charge in [-0.2, -0.15) is 0 Å². The Morgan fingerprint density at radius 1 is 0.786 bits per heavy atom. The maximum absolute atomic E-state index is 14.1. The van der Waals surface area contributed by atoms with Crippen LogP contribution in [0.5, 0.6) is 40.2 Å². The summed E-state index contributed by atoms with van der Waals surface area (Å²) in [4.78, 5) is 26.8. The first-order valence-corrected chi connectivity index (χ1v) is 16.9. The van der Waals surface area contributed by atoms with Crippen molar-refractivity contribution in [3.8, 4) is 51.6 Å². The minimum absolute atomic E-state index is 0.0912. The van der Waals surface area contributed by atoms with Crippen molar-refractivity contribution in [3.05, 3.63) is 70.4 Å². The van der Waals surface area contributed by atoms with E-state index in [4.69, 9.17) is 32.8 Å². The number of hydrogen-bond acceptors (Lipinski definition) is 19. The van der Waals surface area contributed by atoms with Crippen molar-refractivity contribution in [1.29, 1.82) is 0 Å². The number of ether oxygens (including phenoxy) is 6. The van der Waals surface area contributed by atoms with Crippen molar-refractivity contribution in [2.45, 2.75) is 68.3 Å². The first-order chi connectivity index (χ1) is 26.6. The molecule has 2 saturated heterocycles. The second-order valence-electron chi connectivity index (χ2n) is 12.9. The monoisotopic (exact) mass is 786 g/mol. The molecule has 3 aromatic carbocycles. The molecule has 0 amide bonds. The Bertz CT molecular complexity index is 2170. The number of hydrogen-bond donors (Lipinski definition) is 10. The van der Waals surface area contributed by atoms with Gasteiger partial charge in [-0.25, -0.2) is 4.79 Å². The van der Waals surface area contributed by atoms with Gasteiger partial charge in [-0.1, -0.05) is 6.07 Å². The van der Waals surface area contributed by atoms with Crippen LogP contribution in [-0.2, 0) is 23.7 Å². The second kappa shape index (κ2) is 16.2. The fourth-order valence-electron chi connectivity index (χ4n) is 6.08. The van der Waals surface area contributed by atoms with E-state index in [0.717, 1.165) is 30.3 Å². The largest absolute Gasteiger partial charge is 0.508 e. The van der Waals surface area contributed by atoms with Crippen molar-refractivity contribution >= 4 is 23.0 Å². The molecule has 0 bridgehead atoms. The Hall–Kier alpha value is -5.64. The van der Waals surface area contributed by atoms with Crippen LogP contribution >= 0.6 is 0 Å². The molecule has 2 fully saturated rings. The van der Waals surface area contributed by atoms with E-state index in [2.05, 4.69) is 0 Å². The average Bonchev–Trinajstić information content (AvgIpc) is 3.16. The first-order valence-electron chi connectivity index (χ1n) is 16.9. The molecule has 2 aliphatic rings. The molecule has 4 aromatic rings. The third-order valence-electron chi connectivity index (χ3n) is 9.14. The van der Waals surface area contributed by atoms with Crippen LogP contribution in [0.2, 0.25) is 0 Å². The molecule has 3 heterocycles. The summed E-state index contributed by atoms with van der Waals surface area (Å²) in [6.45, 7) is 0.621. The molecular weight excluding hydrogens is 748 g/mol. The number of aliphatic hydroxyl groups is 5. The lowest BCUT2D eigenvalue weighted by molar-refractivity contribution is -0.354. The summed E-state index contributed by atoms with van der Waals surface area (Å²) in [7, 11) is 1.34. The molecular formula is C37H38O19. The van der Waals surface area contributed by atoms with Crippen LogP contribution in [0.4, 0.5) is 0 Å². The van der Waals surface area contributed by atoms with Gasteiger partial charge in [0, 0.05) is 23.8 Å². The van der Waals surface area contributed by atoms with Crippen molar-refractivity contribution in [2.24, 2.45) is 0 Å². The van der Waals surface area contributed by atoms with Gasteiger partial charge >= 0.3 is 5.97 Å². The summed E-state index contributed by atoms with van der Waals surface area (Å²) >= 11 is 0. The van der Waals surface area contributed by atoms with E-state index in [1.54, 1.807) is 0 Å². The molecule has 1 aromatic heterocycles. The van der Waals surface area contributed by atoms with Crippen molar-refractivity contribution in [2.75, 3.05) is 13.7 Å². The van der Waals surface area contributed by atoms with Crippen molar-refractivity contribution < 1.29 is 88.7 Å². The van der Waals surface area contributed by atoms with Crippen LogP contribution in [0.3, 0.4) is 0 Å². The zero-order valence-corrected chi connectivity index (χ0v) is 29.4. The third kappa shape index (κ3) is 8.01. The Labute approximate surface area is 315 Å². The highest BCUT2D eigenvalue weighted by atomic mass is 16.8. The van der Waals surface area contributed by atoms with Gasteiger partial charge in [-0.15, -0.1) is 0 Å². The van der Waals surface area contributed by atoms with E-state index in [0.29, 0.717) is 5.56 Å². The van der Waals surface area contributed by atoms with E-state index in [1.807, 2.05) is 0 Å². The van der Waals surface area contributed by atoms with Gasteiger partial charge in [-0.3, -0.25) is 4.79 Å².